The summed E-state index contributed by atoms with van der Waals surface area (Å²) in [4.78, 5) is 23.1. The number of nitrogens with zero attached hydrogens (tertiary/aromatic N) is 1. The first-order valence-electron chi connectivity index (χ1n) is 4.84. The van der Waals surface area contributed by atoms with Gasteiger partial charge in [0.1, 0.15) is 0 Å². The molecule has 4 heteroatoms. The smallest absolute Gasteiger partial charge is 0.303 e. The zero-order chi connectivity index (χ0) is 11.7. The number of allylic oxidation sites excluding steroid dienone is 2. The van der Waals surface area contributed by atoms with Crippen LogP contribution >= 0.6 is 0 Å². The molecule has 0 aromatic carbocycles. The third-order valence-corrected chi connectivity index (χ3v) is 1.89. The van der Waals surface area contributed by atoms with Gasteiger partial charge in [-0.3, -0.25) is 9.59 Å². The van der Waals surface area contributed by atoms with Gasteiger partial charge >= 0.3 is 5.97 Å². The molecule has 0 fully saturated rings. The van der Waals surface area contributed by atoms with Crippen molar-refractivity contribution in [3.05, 3.63) is 24.8 Å². The number of rotatable bonds is 7. The summed E-state index contributed by atoms with van der Waals surface area (Å²) < 4.78 is 0. The Morgan fingerprint density at radius 3 is 2.60 bits per heavy atom. The van der Waals surface area contributed by atoms with E-state index in [1.165, 1.54) is 12.2 Å². The number of likely N-dealkylation sites (N-methyl/N-ethyl adjacent to an activating group) is 1. The van der Waals surface area contributed by atoms with Crippen LogP contribution in [0.25, 0.3) is 0 Å². The van der Waals surface area contributed by atoms with Crippen LogP contribution in [0.5, 0.6) is 0 Å². The summed E-state index contributed by atoms with van der Waals surface area (Å²) in [5.74, 6) is -0.888. The van der Waals surface area contributed by atoms with Gasteiger partial charge in [0.15, 0.2) is 0 Å². The minimum Gasteiger partial charge on any atom is -0.481 e. The molecule has 0 unspecified atom stereocenters. The van der Waals surface area contributed by atoms with Gasteiger partial charge in [-0.2, -0.15) is 0 Å². The van der Waals surface area contributed by atoms with Gasteiger partial charge in [0.05, 0.1) is 0 Å². The Balaban J connectivity index is 3.68. The van der Waals surface area contributed by atoms with Crippen molar-refractivity contribution >= 4 is 11.9 Å². The quantitative estimate of drug-likeness (QED) is 0.394. The van der Waals surface area contributed by atoms with Gasteiger partial charge in [-0.1, -0.05) is 18.7 Å². The number of carboxylic acid groups (broad SMARTS) is 1. The number of amides is 1. The number of hydrogen-bond acceptors (Lipinski definition) is 2. The maximum absolute atomic E-state index is 11.3. The number of aliphatic carboxylic acids is 1. The van der Waals surface area contributed by atoms with Gasteiger partial charge in [-0.15, -0.1) is 0 Å². The predicted molar refractivity (Wildman–Crippen MR) is 58.5 cm³/mol. The maximum Gasteiger partial charge on any atom is 0.303 e. The van der Waals surface area contributed by atoms with Gasteiger partial charge in [0.25, 0.3) is 0 Å². The summed E-state index contributed by atoms with van der Waals surface area (Å²) in [6.07, 6.45) is 6.01. The molecular formula is C11H17NO3. The largest absolute Gasteiger partial charge is 0.481 e. The van der Waals surface area contributed by atoms with E-state index >= 15 is 0 Å². The monoisotopic (exact) mass is 211 g/mol. The van der Waals surface area contributed by atoms with E-state index in [0.29, 0.717) is 19.4 Å². The first kappa shape index (κ1) is 13.4. The van der Waals surface area contributed by atoms with E-state index < -0.39 is 5.97 Å². The van der Waals surface area contributed by atoms with Gasteiger partial charge < -0.3 is 10.0 Å². The van der Waals surface area contributed by atoms with Crippen LogP contribution in [-0.2, 0) is 9.59 Å². The molecule has 0 aliphatic carbocycles. The molecule has 0 radical (unpaired) electrons. The van der Waals surface area contributed by atoms with E-state index in [2.05, 4.69) is 6.58 Å². The van der Waals surface area contributed by atoms with Gasteiger partial charge in [-0.05, 0) is 12.8 Å². The van der Waals surface area contributed by atoms with Crippen LogP contribution < -0.4 is 0 Å². The van der Waals surface area contributed by atoms with E-state index in [0.717, 1.165) is 0 Å². The van der Waals surface area contributed by atoms with Gasteiger partial charge in [-0.25, -0.2) is 0 Å². The fraction of sp³-hybridized carbons (Fsp3) is 0.455. The summed E-state index contributed by atoms with van der Waals surface area (Å²) in [5.41, 5.74) is 0. The fourth-order valence-electron chi connectivity index (χ4n) is 1.01. The molecule has 0 atom stereocenters. The fourth-order valence-corrected chi connectivity index (χ4v) is 1.01. The van der Waals surface area contributed by atoms with Crippen LogP contribution in [0.2, 0.25) is 0 Å². The molecule has 1 N–H and O–H groups in total. The summed E-state index contributed by atoms with van der Waals surface area (Å²) in [6, 6.07) is 0. The first-order chi connectivity index (χ1) is 7.07. The van der Waals surface area contributed by atoms with Gasteiger partial charge in [0.2, 0.25) is 5.91 Å². The third-order valence-electron chi connectivity index (χ3n) is 1.89. The molecule has 0 aromatic heterocycles. The molecule has 84 valence electrons. The molecule has 0 saturated heterocycles. The predicted octanol–water partition coefficient (Wildman–Crippen LogP) is 1.44. The van der Waals surface area contributed by atoms with Crippen molar-refractivity contribution < 1.29 is 14.7 Å². The maximum atomic E-state index is 11.3. The minimum atomic E-state index is -0.796. The second kappa shape index (κ2) is 7.79. The number of carboxylic acids is 1. The van der Waals surface area contributed by atoms with Crippen molar-refractivity contribution in [3.8, 4) is 0 Å². The van der Waals surface area contributed by atoms with Crippen molar-refractivity contribution in [2.24, 2.45) is 0 Å². The number of hydrogen-bond donors (Lipinski definition) is 1. The van der Waals surface area contributed by atoms with E-state index in [1.54, 1.807) is 18.0 Å². The highest BCUT2D eigenvalue weighted by Gasteiger charge is 2.04. The lowest BCUT2D eigenvalue weighted by molar-refractivity contribution is -0.137. The Kier molecular flexibility index (Phi) is 6.97. The Hall–Kier alpha value is -1.58. The highest BCUT2D eigenvalue weighted by molar-refractivity contribution is 5.87. The molecule has 0 saturated carbocycles. The van der Waals surface area contributed by atoms with Crippen molar-refractivity contribution in [1.82, 2.24) is 4.90 Å². The summed E-state index contributed by atoms with van der Waals surface area (Å²) in [6.45, 7) is 4.04. The molecule has 0 aliphatic rings. The van der Waals surface area contributed by atoms with Crippen molar-refractivity contribution in [2.75, 3.05) is 13.6 Å². The van der Waals surface area contributed by atoms with Crippen LogP contribution in [0.15, 0.2) is 24.8 Å². The normalized spacial score (nSPS) is 10.2. The number of carbonyl (C=O) groups is 2. The number of unbranched alkanes of at least 4 members (excludes halogenated alkanes) is 1. The molecule has 4 nitrogen and oxygen atoms in total. The van der Waals surface area contributed by atoms with Crippen LogP contribution in [0.3, 0.4) is 0 Å². The molecule has 0 rings (SSSR count). The second-order valence-electron chi connectivity index (χ2n) is 3.21. The number of carbonyl (C=O) groups excluding carboxylic acids is 1. The average molecular weight is 211 g/mol. The van der Waals surface area contributed by atoms with Crippen LogP contribution in [0.4, 0.5) is 0 Å². The average Bonchev–Trinajstić information content (AvgIpc) is 2.20. The first-order valence-corrected chi connectivity index (χ1v) is 4.84. The molecule has 0 aliphatic heterocycles. The standard InChI is InChI=1S/C11H17NO3/c1-3-4-7-10(13)12(2)9-6-5-8-11(14)15/h3-4,7H,1,5-6,8-9H2,2H3,(H,14,15)/b7-4-. The Morgan fingerprint density at radius 2 is 2.07 bits per heavy atom. The molecular weight excluding hydrogens is 194 g/mol. The highest BCUT2D eigenvalue weighted by Crippen LogP contribution is 1.98. The van der Waals surface area contributed by atoms with E-state index in [1.807, 2.05) is 0 Å². The Morgan fingerprint density at radius 1 is 1.40 bits per heavy atom. The van der Waals surface area contributed by atoms with Gasteiger partial charge in [0, 0.05) is 26.1 Å². The van der Waals surface area contributed by atoms with E-state index in [4.69, 9.17) is 5.11 Å². The Bertz CT molecular complexity index is 259. The van der Waals surface area contributed by atoms with E-state index in [-0.39, 0.29) is 12.3 Å². The van der Waals surface area contributed by atoms with Crippen LogP contribution in [0, 0.1) is 0 Å². The summed E-state index contributed by atoms with van der Waals surface area (Å²) in [5, 5.41) is 8.40. The molecule has 0 heterocycles. The highest BCUT2D eigenvalue weighted by atomic mass is 16.4. The minimum absolute atomic E-state index is 0.0924. The SMILES string of the molecule is C=C/C=C\C(=O)N(C)CCCCC(=O)O. The van der Waals surface area contributed by atoms with Crippen LogP contribution in [0.1, 0.15) is 19.3 Å². The summed E-state index contributed by atoms with van der Waals surface area (Å²) in [7, 11) is 1.69. The zero-order valence-electron chi connectivity index (χ0n) is 8.98. The molecule has 0 spiro atoms. The summed E-state index contributed by atoms with van der Waals surface area (Å²) >= 11 is 0. The molecule has 0 aromatic rings. The molecule has 0 bridgehead atoms. The lowest BCUT2D eigenvalue weighted by Crippen LogP contribution is -2.25. The lowest BCUT2D eigenvalue weighted by Gasteiger charge is -2.14. The second-order valence-corrected chi connectivity index (χ2v) is 3.21. The van der Waals surface area contributed by atoms with Crippen LogP contribution in [-0.4, -0.2) is 35.5 Å². The van der Waals surface area contributed by atoms with Crippen molar-refractivity contribution in [2.45, 2.75) is 19.3 Å². The molecule has 1 amide bonds. The van der Waals surface area contributed by atoms with Crippen molar-refractivity contribution in [3.63, 3.8) is 0 Å². The van der Waals surface area contributed by atoms with E-state index in [9.17, 15) is 9.59 Å². The molecule has 15 heavy (non-hydrogen) atoms. The Labute approximate surface area is 89.9 Å². The van der Waals surface area contributed by atoms with Crippen molar-refractivity contribution in [1.29, 1.82) is 0 Å². The third kappa shape index (κ3) is 7.49. The lowest BCUT2D eigenvalue weighted by atomic mass is 10.2. The topological polar surface area (TPSA) is 57.6 Å². The zero-order valence-corrected chi connectivity index (χ0v) is 8.98.